The van der Waals surface area contributed by atoms with Gasteiger partial charge in [-0.15, -0.1) is 0 Å². The Labute approximate surface area is 92.8 Å². The van der Waals surface area contributed by atoms with Crippen molar-refractivity contribution in [3.8, 4) is 0 Å². The molecule has 14 heavy (non-hydrogen) atoms. The molecule has 0 bridgehead atoms. The highest BCUT2D eigenvalue weighted by Gasteiger charge is 2.09. The topological polar surface area (TPSA) is 24.5 Å². The van der Waals surface area contributed by atoms with Gasteiger partial charge in [-0.05, 0) is 25.1 Å². The maximum Gasteiger partial charge on any atom is 0.169 e. The fourth-order valence-electron chi connectivity index (χ4n) is 1.18. The number of nitrogens with zero attached hydrogens (tertiary/aromatic N) is 1. The molecular weight excluding hydrogens is 196 g/mol. The van der Waals surface area contributed by atoms with E-state index in [0.29, 0.717) is 5.92 Å². The molecule has 0 aliphatic heterocycles. The molecule has 0 aliphatic carbocycles. The molecule has 0 unspecified atom stereocenters. The first-order valence-corrected chi connectivity index (χ1v) is 5.54. The van der Waals surface area contributed by atoms with E-state index in [1.54, 1.807) is 7.11 Å². The molecule has 0 atom stereocenters. The highest BCUT2D eigenvalue weighted by atomic mass is 32.1. The third-order valence-corrected chi connectivity index (χ3v) is 2.17. The Hall–Kier alpha value is -0.350. The first-order chi connectivity index (χ1) is 6.61. The Morgan fingerprint density at radius 3 is 2.57 bits per heavy atom. The Morgan fingerprint density at radius 1 is 1.50 bits per heavy atom. The minimum atomic E-state index is 0.614. The summed E-state index contributed by atoms with van der Waals surface area (Å²) in [6.07, 6.45) is 0. The highest BCUT2D eigenvalue weighted by molar-refractivity contribution is 7.80. The van der Waals surface area contributed by atoms with Gasteiger partial charge >= 0.3 is 0 Å². The van der Waals surface area contributed by atoms with Crippen molar-refractivity contribution in [2.75, 3.05) is 33.4 Å². The lowest BCUT2D eigenvalue weighted by Gasteiger charge is -2.26. The van der Waals surface area contributed by atoms with Crippen molar-refractivity contribution < 1.29 is 4.74 Å². The average molecular weight is 218 g/mol. The Morgan fingerprint density at radius 2 is 2.14 bits per heavy atom. The molecule has 0 radical (unpaired) electrons. The zero-order valence-electron chi connectivity index (χ0n) is 9.67. The normalized spacial score (nSPS) is 10.4. The fraction of sp³-hybridized carbons (Fsp3) is 0.900. The number of hydrogen-bond acceptors (Lipinski definition) is 2. The van der Waals surface area contributed by atoms with Crippen molar-refractivity contribution in [1.29, 1.82) is 0 Å². The quantitative estimate of drug-likeness (QED) is 0.683. The molecular formula is C10H22N2OS. The van der Waals surface area contributed by atoms with Gasteiger partial charge in [0.2, 0.25) is 0 Å². The standard InChI is InChI=1S/C10H22N2OS/c1-5-11-10(14)12(6-7-13-4)8-9(2)3/h9H,5-8H2,1-4H3,(H,11,14). The molecule has 3 nitrogen and oxygen atoms in total. The van der Waals surface area contributed by atoms with Gasteiger partial charge < -0.3 is 15.0 Å². The van der Waals surface area contributed by atoms with E-state index in [2.05, 4.69) is 31.0 Å². The second-order valence-corrected chi connectivity index (χ2v) is 4.05. The maximum atomic E-state index is 5.27. The van der Waals surface area contributed by atoms with E-state index < -0.39 is 0 Å². The summed E-state index contributed by atoms with van der Waals surface area (Å²) in [7, 11) is 1.71. The summed E-state index contributed by atoms with van der Waals surface area (Å²) in [4.78, 5) is 2.16. The van der Waals surface area contributed by atoms with Gasteiger partial charge in [0.05, 0.1) is 6.61 Å². The molecule has 0 fully saturated rings. The molecule has 1 N–H and O–H groups in total. The van der Waals surface area contributed by atoms with Gasteiger partial charge in [-0.3, -0.25) is 0 Å². The highest BCUT2D eigenvalue weighted by Crippen LogP contribution is 1.99. The van der Waals surface area contributed by atoms with Crippen LogP contribution in [0.15, 0.2) is 0 Å². The van der Waals surface area contributed by atoms with Crippen LogP contribution in [0, 0.1) is 5.92 Å². The Kier molecular flexibility index (Phi) is 7.80. The monoisotopic (exact) mass is 218 g/mol. The van der Waals surface area contributed by atoms with Crippen LogP contribution in [0.4, 0.5) is 0 Å². The van der Waals surface area contributed by atoms with Gasteiger partial charge in [0.15, 0.2) is 5.11 Å². The van der Waals surface area contributed by atoms with Crippen LogP contribution < -0.4 is 5.32 Å². The van der Waals surface area contributed by atoms with Crippen molar-refractivity contribution in [3.05, 3.63) is 0 Å². The van der Waals surface area contributed by atoms with Crippen LogP contribution >= 0.6 is 12.2 Å². The molecule has 0 spiro atoms. The summed E-state index contributed by atoms with van der Waals surface area (Å²) in [6, 6.07) is 0. The van der Waals surface area contributed by atoms with E-state index in [1.807, 2.05) is 0 Å². The molecule has 0 rings (SSSR count). The lowest BCUT2D eigenvalue weighted by atomic mass is 10.2. The van der Waals surface area contributed by atoms with E-state index in [1.165, 1.54) is 0 Å². The largest absolute Gasteiger partial charge is 0.383 e. The van der Waals surface area contributed by atoms with Crippen molar-refractivity contribution in [2.24, 2.45) is 5.92 Å². The van der Waals surface area contributed by atoms with Gasteiger partial charge in [0.1, 0.15) is 0 Å². The lowest BCUT2D eigenvalue weighted by Crippen LogP contribution is -2.43. The predicted octanol–water partition coefficient (Wildman–Crippen LogP) is 1.49. The van der Waals surface area contributed by atoms with Crippen LogP contribution in [0.3, 0.4) is 0 Å². The van der Waals surface area contributed by atoms with Gasteiger partial charge in [0.25, 0.3) is 0 Å². The zero-order chi connectivity index (χ0) is 11.0. The number of nitrogens with one attached hydrogen (secondary N) is 1. The Balaban J connectivity index is 4.01. The van der Waals surface area contributed by atoms with Crippen LogP contribution in [0.25, 0.3) is 0 Å². The van der Waals surface area contributed by atoms with Crippen molar-refractivity contribution >= 4 is 17.3 Å². The van der Waals surface area contributed by atoms with E-state index in [0.717, 1.165) is 31.4 Å². The first-order valence-electron chi connectivity index (χ1n) is 5.13. The van der Waals surface area contributed by atoms with E-state index in [4.69, 9.17) is 17.0 Å². The predicted molar refractivity (Wildman–Crippen MR) is 64.6 cm³/mol. The number of rotatable bonds is 6. The van der Waals surface area contributed by atoms with Crippen LogP contribution in [0.2, 0.25) is 0 Å². The van der Waals surface area contributed by atoms with E-state index in [9.17, 15) is 0 Å². The van der Waals surface area contributed by atoms with Crippen molar-refractivity contribution in [1.82, 2.24) is 10.2 Å². The maximum absolute atomic E-state index is 5.27. The molecule has 0 saturated heterocycles. The minimum absolute atomic E-state index is 0.614. The average Bonchev–Trinajstić information content (AvgIpc) is 2.12. The lowest BCUT2D eigenvalue weighted by molar-refractivity contribution is 0.171. The summed E-state index contributed by atoms with van der Waals surface area (Å²) in [5.74, 6) is 0.614. The second kappa shape index (κ2) is 8.00. The molecule has 0 amide bonds. The molecule has 0 aromatic carbocycles. The minimum Gasteiger partial charge on any atom is -0.383 e. The van der Waals surface area contributed by atoms with Crippen LogP contribution in [-0.4, -0.2) is 43.4 Å². The first kappa shape index (κ1) is 13.7. The summed E-state index contributed by atoms with van der Waals surface area (Å²) in [5, 5.41) is 3.99. The van der Waals surface area contributed by atoms with Crippen molar-refractivity contribution in [3.63, 3.8) is 0 Å². The summed E-state index contributed by atoms with van der Waals surface area (Å²) in [5.41, 5.74) is 0. The van der Waals surface area contributed by atoms with Crippen LogP contribution in [0.5, 0.6) is 0 Å². The number of ether oxygens (including phenoxy) is 1. The summed E-state index contributed by atoms with van der Waals surface area (Å²) in [6.45, 7) is 9.87. The molecule has 0 aromatic heterocycles. The molecule has 4 heteroatoms. The molecule has 0 saturated carbocycles. The molecule has 0 aromatic rings. The number of thiocarbonyl (C=S) groups is 1. The second-order valence-electron chi connectivity index (χ2n) is 3.67. The van der Waals surface area contributed by atoms with Gasteiger partial charge in [-0.25, -0.2) is 0 Å². The molecule has 0 aliphatic rings. The SMILES string of the molecule is CCNC(=S)N(CCOC)CC(C)C. The summed E-state index contributed by atoms with van der Waals surface area (Å²) >= 11 is 5.27. The smallest absolute Gasteiger partial charge is 0.169 e. The van der Waals surface area contributed by atoms with Gasteiger partial charge in [-0.1, -0.05) is 13.8 Å². The Bertz CT molecular complexity index is 162. The van der Waals surface area contributed by atoms with Gasteiger partial charge in [0, 0.05) is 26.7 Å². The number of hydrogen-bond donors (Lipinski definition) is 1. The van der Waals surface area contributed by atoms with E-state index >= 15 is 0 Å². The summed E-state index contributed by atoms with van der Waals surface area (Å²) < 4.78 is 5.05. The van der Waals surface area contributed by atoms with Crippen molar-refractivity contribution in [2.45, 2.75) is 20.8 Å². The fourth-order valence-corrected chi connectivity index (χ4v) is 1.49. The van der Waals surface area contributed by atoms with E-state index in [-0.39, 0.29) is 0 Å². The molecule has 0 heterocycles. The van der Waals surface area contributed by atoms with Crippen LogP contribution in [-0.2, 0) is 4.74 Å². The third-order valence-electron chi connectivity index (χ3n) is 1.77. The third kappa shape index (κ3) is 6.16. The zero-order valence-corrected chi connectivity index (χ0v) is 10.5. The number of methoxy groups -OCH3 is 1. The van der Waals surface area contributed by atoms with Gasteiger partial charge in [-0.2, -0.15) is 0 Å². The van der Waals surface area contributed by atoms with Crippen LogP contribution in [0.1, 0.15) is 20.8 Å². The molecule has 84 valence electrons.